The molecule has 2 atom stereocenters. The lowest BCUT2D eigenvalue weighted by Crippen LogP contribution is -2.18. The van der Waals surface area contributed by atoms with Gasteiger partial charge in [0.1, 0.15) is 0 Å². The van der Waals surface area contributed by atoms with Crippen molar-refractivity contribution in [2.24, 2.45) is 5.92 Å². The molecular formula is C8H15NO. The summed E-state index contributed by atoms with van der Waals surface area (Å²) in [7, 11) is 2.02. The fraction of sp³-hybridized carbons (Fsp3) is 0.750. The molecule has 0 aromatic rings. The standard InChI is InChI=1S/C8H15NO/c1-6(2)7-4-9(3)5-8(7)10/h7-8,10H,1,4-5H2,2-3H3/t7-,8+/m1/s1. The van der Waals surface area contributed by atoms with E-state index in [1.165, 1.54) is 0 Å². The lowest BCUT2D eigenvalue weighted by molar-refractivity contribution is 0.156. The SMILES string of the molecule is C=C(C)[C@H]1CN(C)C[C@@H]1O. The van der Waals surface area contributed by atoms with E-state index >= 15 is 0 Å². The van der Waals surface area contributed by atoms with Crippen LogP contribution in [0.2, 0.25) is 0 Å². The molecule has 0 aromatic heterocycles. The zero-order valence-corrected chi connectivity index (χ0v) is 6.67. The highest BCUT2D eigenvalue weighted by Crippen LogP contribution is 2.21. The van der Waals surface area contributed by atoms with Crippen LogP contribution in [0.3, 0.4) is 0 Å². The first-order chi connectivity index (χ1) is 4.61. The van der Waals surface area contributed by atoms with Crippen molar-refractivity contribution in [1.82, 2.24) is 4.90 Å². The first-order valence-corrected chi connectivity index (χ1v) is 3.63. The normalized spacial score (nSPS) is 34.7. The maximum atomic E-state index is 9.43. The third-order valence-electron chi connectivity index (χ3n) is 2.10. The van der Waals surface area contributed by atoms with Gasteiger partial charge in [0.15, 0.2) is 0 Å². The van der Waals surface area contributed by atoms with Crippen molar-refractivity contribution in [3.8, 4) is 0 Å². The van der Waals surface area contributed by atoms with E-state index in [2.05, 4.69) is 11.5 Å². The molecule has 0 unspecified atom stereocenters. The van der Waals surface area contributed by atoms with E-state index < -0.39 is 0 Å². The van der Waals surface area contributed by atoms with Gasteiger partial charge in [0, 0.05) is 19.0 Å². The number of β-amino-alcohol motifs (C(OH)–C–C–N with tert-alkyl or cyclic N) is 1. The average molecular weight is 141 g/mol. The minimum absolute atomic E-state index is 0.192. The molecule has 1 rings (SSSR count). The minimum atomic E-state index is -0.192. The topological polar surface area (TPSA) is 23.5 Å². The van der Waals surface area contributed by atoms with Crippen LogP contribution in [0.15, 0.2) is 12.2 Å². The Hall–Kier alpha value is -0.340. The summed E-state index contributed by atoms with van der Waals surface area (Å²) in [6.45, 7) is 7.56. The third-order valence-corrected chi connectivity index (χ3v) is 2.10. The van der Waals surface area contributed by atoms with Crippen molar-refractivity contribution >= 4 is 0 Å². The van der Waals surface area contributed by atoms with E-state index in [-0.39, 0.29) is 6.10 Å². The van der Waals surface area contributed by atoms with Gasteiger partial charge in [-0.15, -0.1) is 0 Å². The molecule has 1 saturated heterocycles. The molecule has 1 fully saturated rings. The van der Waals surface area contributed by atoms with E-state index in [4.69, 9.17) is 0 Å². The van der Waals surface area contributed by atoms with Crippen LogP contribution < -0.4 is 0 Å². The second-order valence-electron chi connectivity index (χ2n) is 3.24. The Morgan fingerprint density at radius 3 is 2.40 bits per heavy atom. The molecule has 1 aliphatic rings. The second kappa shape index (κ2) is 2.72. The van der Waals surface area contributed by atoms with E-state index in [1.54, 1.807) is 0 Å². The molecule has 2 nitrogen and oxygen atoms in total. The average Bonchev–Trinajstić information content (AvgIpc) is 2.10. The lowest BCUT2D eigenvalue weighted by Gasteiger charge is -2.11. The van der Waals surface area contributed by atoms with Crippen molar-refractivity contribution in [3.63, 3.8) is 0 Å². The van der Waals surface area contributed by atoms with Crippen LogP contribution >= 0.6 is 0 Å². The molecule has 2 heteroatoms. The van der Waals surface area contributed by atoms with Crippen molar-refractivity contribution < 1.29 is 5.11 Å². The Morgan fingerprint density at radius 2 is 2.20 bits per heavy atom. The monoisotopic (exact) mass is 141 g/mol. The van der Waals surface area contributed by atoms with Gasteiger partial charge in [0.05, 0.1) is 6.10 Å². The summed E-state index contributed by atoms with van der Waals surface area (Å²) >= 11 is 0. The van der Waals surface area contributed by atoms with Crippen molar-refractivity contribution in [2.45, 2.75) is 13.0 Å². The molecule has 58 valence electrons. The zero-order chi connectivity index (χ0) is 7.72. The second-order valence-corrected chi connectivity index (χ2v) is 3.24. The van der Waals surface area contributed by atoms with E-state index in [0.29, 0.717) is 5.92 Å². The van der Waals surface area contributed by atoms with Crippen LogP contribution in [0, 0.1) is 5.92 Å². The highest BCUT2D eigenvalue weighted by atomic mass is 16.3. The first kappa shape index (κ1) is 7.76. The van der Waals surface area contributed by atoms with Crippen molar-refractivity contribution in [3.05, 3.63) is 12.2 Å². The Kier molecular flexibility index (Phi) is 2.11. The molecule has 0 spiro atoms. The summed E-state index contributed by atoms with van der Waals surface area (Å²) in [4.78, 5) is 2.13. The van der Waals surface area contributed by atoms with Gasteiger partial charge in [-0.1, -0.05) is 12.2 Å². The van der Waals surface area contributed by atoms with Crippen LogP contribution in [0.4, 0.5) is 0 Å². The van der Waals surface area contributed by atoms with Crippen molar-refractivity contribution in [1.29, 1.82) is 0 Å². The Labute approximate surface area is 62.2 Å². The van der Waals surface area contributed by atoms with Gasteiger partial charge in [-0.3, -0.25) is 0 Å². The highest BCUT2D eigenvalue weighted by molar-refractivity contribution is 5.04. The van der Waals surface area contributed by atoms with Gasteiger partial charge in [-0.2, -0.15) is 0 Å². The largest absolute Gasteiger partial charge is 0.391 e. The molecule has 10 heavy (non-hydrogen) atoms. The molecule has 1 N–H and O–H groups in total. The number of aliphatic hydroxyl groups is 1. The van der Waals surface area contributed by atoms with E-state index in [9.17, 15) is 5.11 Å². The predicted molar refractivity (Wildman–Crippen MR) is 41.8 cm³/mol. The van der Waals surface area contributed by atoms with E-state index in [1.807, 2.05) is 14.0 Å². The Balaban J connectivity index is 2.54. The Morgan fingerprint density at radius 1 is 1.60 bits per heavy atom. The van der Waals surface area contributed by atoms with Crippen LogP contribution in [0.5, 0.6) is 0 Å². The molecule has 0 amide bonds. The number of nitrogens with zero attached hydrogens (tertiary/aromatic N) is 1. The third kappa shape index (κ3) is 1.39. The molecular weight excluding hydrogens is 126 g/mol. The number of aliphatic hydroxyl groups excluding tert-OH is 1. The highest BCUT2D eigenvalue weighted by Gasteiger charge is 2.28. The van der Waals surface area contributed by atoms with Crippen LogP contribution in [0.25, 0.3) is 0 Å². The van der Waals surface area contributed by atoms with Gasteiger partial charge >= 0.3 is 0 Å². The minimum Gasteiger partial charge on any atom is -0.391 e. The van der Waals surface area contributed by atoms with Gasteiger partial charge in [0.2, 0.25) is 0 Å². The summed E-state index contributed by atoms with van der Waals surface area (Å²) in [6, 6.07) is 0. The lowest BCUT2D eigenvalue weighted by atomic mass is 9.99. The molecule has 0 saturated carbocycles. The number of rotatable bonds is 1. The summed E-state index contributed by atoms with van der Waals surface area (Å²) in [5, 5.41) is 9.43. The summed E-state index contributed by atoms with van der Waals surface area (Å²) in [5.41, 5.74) is 1.09. The molecule has 0 aliphatic carbocycles. The van der Waals surface area contributed by atoms with Gasteiger partial charge < -0.3 is 10.0 Å². The van der Waals surface area contributed by atoms with E-state index in [0.717, 1.165) is 18.7 Å². The fourth-order valence-electron chi connectivity index (χ4n) is 1.46. The fourth-order valence-corrected chi connectivity index (χ4v) is 1.46. The summed E-state index contributed by atoms with van der Waals surface area (Å²) in [5.74, 6) is 0.296. The summed E-state index contributed by atoms with van der Waals surface area (Å²) < 4.78 is 0. The predicted octanol–water partition coefficient (Wildman–Crippen LogP) is 0.485. The number of hydrogen-bond acceptors (Lipinski definition) is 2. The van der Waals surface area contributed by atoms with Crippen molar-refractivity contribution in [2.75, 3.05) is 20.1 Å². The summed E-state index contributed by atoms with van der Waals surface area (Å²) in [6.07, 6.45) is -0.192. The maximum absolute atomic E-state index is 9.43. The maximum Gasteiger partial charge on any atom is 0.0744 e. The van der Waals surface area contributed by atoms with Crippen LogP contribution in [-0.2, 0) is 0 Å². The number of hydrogen-bond donors (Lipinski definition) is 1. The zero-order valence-electron chi connectivity index (χ0n) is 6.67. The molecule has 0 bridgehead atoms. The number of likely N-dealkylation sites (tertiary alicyclic amines) is 1. The Bertz CT molecular complexity index is 144. The quantitative estimate of drug-likeness (QED) is 0.537. The first-order valence-electron chi connectivity index (χ1n) is 3.63. The molecule has 0 aromatic carbocycles. The smallest absolute Gasteiger partial charge is 0.0744 e. The molecule has 0 radical (unpaired) electrons. The van der Waals surface area contributed by atoms with Crippen LogP contribution in [0.1, 0.15) is 6.92 Å². The number of likely N-dealkylation sites (N-methyl/N-ethyl adjacent to an activating group) is 1. The van der Waals surface area contributed by atoms with Gasteiger partial charge in [-0.25, -0.2) is 0 Å². The van der Waals surface area contributed by atoms with Crippen LogP contribution in [-0.4, -0.2) is 36.2 Å². The molecule has 1 heterocycles. The molecule has 1 aliphatic heterocycles. The van der Waals surface area contributed by atoms with Gasteiger partial charge in [0.25, 0.3) is 0 Å². The van der Waals surface area contributed by atoms with Gasteiger partial charge in [-0.05, 0) is 14.0 Å².